The van der Waals surface area contributed by atoms with Crippen molar-refractivity contribution >= 4 is 27.5 Å². The van der Waals surface area contributed by atoms with Crippen LogP contribution in [0, 0.1) is 11.2 Å². The van der Waals surface area contributed by atoms with Gasteiger partial charge >= 0.3 is 0 Å². The summed E-state index contributed by atoms with van der Waals surface area (Å²) in [6, 6.07) is 3.78. The molecule has 0 unspecified atom stereocenters. The zero-order valence-corrected chi connectivity index (χ0v) is 12.8. The van der Waals surface area contributed by atoms with Crippen molar-refractivity contribution < 1.29 is 14.2 Å². The lowest BCUT2D eigenvalue weighted by Crippen LogP contribution is -2.28. The summed E-state index contributed by atoms with van der Waals surface area (Å²) in [5, 5.41) is 36.6. The Morgan fingerprint density at radius 3 is 2.96 bits per heavy atom. The molecule has 10 nitrogen and oxygen atoms in total. The fraction of sp³-hybridized carbons (Fsp3) is 0.0909. The highest BCUT2D eigenvalue weighted by Crippen LogP contribution is 2.23. The molecule has 3 aromatic rings. The number of nitrogens with zero attached hydrogens (tertiary/aromatic N) is 7. The number of aromatic nitrogens is 6. The van der Waals surface area contributed by atoms with E-state index in [1.807, 2.05) is 0 Å². The number of amidine groups is 1. The number of hydrogen-bond acceptors (Lipinski definition) is 8. The van der Waals surface area contributed by atoms with Crippen molar-refractivity contribution in [2.75, 3.05) is 5.06 Å². The van der Waals surface area contributed by atoms with Crippen molar-refractivity contribution in [2.24, 2.45) is 0 Å². The van der Waals surface area contributed by atoms with Crippen LogP contribution in [0.2, 0.25) is 0 Å². The molecular formula is C11H8BrFN8O2. The van der Waals surface area contributed by atoms with E-state index in [0.29, 0.717) is 5.06 Å². The van der Waals surface area contributed by atoms with Gasteiger partial charge in [0, 0.05) is 0 Å². The van der Waals surface area contributed by atoms with Crippen LogP contribution in [0.15, 0.2) is 33.6 Å². The molecular weight excluding hydrogens is 375 g/mol. The molecule has 2 N–H and O–H groups in total. The van der Waals surface area contributed by atoms with E-state index in [1.165, 1.54) is 23.1 Å². The van der Waals surface area contributed by atoms with Crippen LogP contribution < -0.4 is 5.06 Å². The summed E-state index contributed by atoms with van der Waals surface area (Å²) in [5.41, 5.74) is 0.422. The number of nitrogens with one attached hydrogen (secondary N) is 1. The highest BCUT2D eigenvalue weighted by molar-refractivity contribution is 9.10. The maximum atomic E-state index is 13.3. The highest BCUT2D eigenvalue weighted by atomic mass is 79.9. The maximum absolute atomic E-state index is 13.3. The van der Waals surface area contributed by atoms with Gasteiger partial charge in [0.15, 0.2) is 11.5 Å². The monoisotopic (exact) mass is 382 g/mol. The Morgan fingerprint density at radius 2 is 2.26 bits per heavy atom. The topological polar surface area (TPSA) is 130 Å². The molecule has 3 rings (SSSR count). The van der Waals surface area contributed by atoms with E-state index < -0.39 is 11.7 Å². The standard InChI is InChI=1S/C11H8BrFN8O2/c12-7-3-6(1-2-8(7)13)21(22)11(14)10-9(16-23-17-10)4-20-5-15-18-19-20/h1-3,5,14,22H,4H2. The third-order valence-corrected chi connectivity index (χ3v) is 3.45. The van der Waals surface area contributed by atoms with Crippen LogP contribution in [0.4, 0.5) is 10.1 Å². The van der Waals surface area contributed by atoms with Crippen molar-refractivity contribution in [3.05, 3.63) is 46.2 Å². The van der Waals surface area contributed by atoms with Crippen LogP contribution >= 0.6 is 15.9 Å². The van der Waals surface area contributed by atoms with Crippen molar-refractivity contribution in [2.45, 2.75) is 6.54 Å². The average molecular weight is 383 g/mol. The molecule has 0 atom stereocenters. The molecule has 2 aromatic heterocycles. The fourth-order valence-corrected chi connectivity index (χ4v) is 2.11. The number of halogens is 2. The smallest absolute Gasteiger partial charge is 0.182 e. The van der Waals surface area contributed by atoms with Crippen LogP contribution in [-0.2, 0) is 6.54 Å². The molecule has 1 aromatic carbocycles. The van der Waals surface area contributed by atoms with Gasteiger partial charge in [-0.2, -0.15) is 0 Å². The van der Waals surface area contributed by atoms with Crippen molar-refractivity contribution in [3.63, 3.8) is 0 Å². The van der Waals surface area contributed by atoms with E-state index in [9.17, 15) is 9.60 Å². The minimum Gasteiger partial charge on any atom is -0.282 e. The summed E-state index contributed by atoms with van der Waals surface area (Å²) >= 11 is 3.01. The summed E-state index contributed by atoms with van der Waals surface area (Å²) in [5.74, 6) is -0.885. The molecule has 0 aliphatic heterocycles. The van der Waals surface area contributed by atoms with Gasteiger partial charge in [0.2, 0.25) is 0 Å². The summed E-state index contributed by atoms with van der Waals surface area (Å²) in [4.78, 5) is 0. The molecule has 0 bridgehead atoms. The first-order valence-corrected chi connectivity index (χ1v) is 6.90. The van der Waals surface area contributed by atoms with Crippen LogP contribution in [0.25, 0.3) is 0 Å². The van der Waals surface area contributed by atoms with Crippen LogP contribution in [0.5, 0.6) is 0 Å². The molecule has 0 saturated carbocycles. The van der Waals surface area contributed by atoms with Gasteiger partial charge in [-0.05, 0) is 49.7 Å². The average Bonchev–Trinajstić information content (AvgIpc) is 3.21. The van der Waals surface area contributed by atoms with Gasteiger partial charge in [-0.15, -0.1) is 5.10 Å². The predicted octanol–water partition coefficient (Wildman–Crippen LogP) is 1.23. The van der Waals surface area contributed by atoms with E-state index in [2.05, 4.69) is 46.4 Å². The lowest BCUT2D eigenvalue weighted by molar-refractivity contribution is 0.297. The van der Waals surface area contributed by atoms with Gasteiger partial charge in [-0.1, -0.05) is 5.16 Å². The number of hydroxylamine groups is 1. The first-order chi connectivity index (χ1) is 11.1. The van der Waals surface area contributed by atoms with Crippen molar-refractivity contribution in [3.8, 4) is 0 Å². The third-order valence-electron chi connectivity index (χ3n) is 2.84. The van der Waals surface area contributed by atoms with Crippen LogP contribution in [0.3, 0.4) is 0 Å². The van der Waals surface area contributed by atoms with Gasteiger partial charge in [0.05, 0.1) is 16.7 Å². The minimum absolute atomic E-state index is 0.00319. The molecule has 23 heavy (non-hydrogen) atoms. The lowest BCUT2D eigenvalue weighted by Gasteiger charge is -2.16. The fourth-order valence-electron chi connectivity index (χ4n) is 1.74. The second-order valence-corrected chi connectivity index (χ2v) is 5.18. The number of tetrazole rings is 1. The van der Waals surface area contributed by atoms with Crippen LogP contribution in [-0.4, -0.2) is 41.6 Å². The first kappa shape index (κ1) is 15.2. The largest absolute Gasteiger partial charge is 0.282 e. The summed E-state index contributed by atoms with van der Waals surface area (Å²) in [7, 11) is 0. The number of hydrogen-bond donors (Lipinski definition) is 2. The summed E-state index contributed by atoms with van der Waals surface area (Å²) in [6.45, 7) is 0.106. The van der Waals surface area contributed by atoms with Crippen LogP contribution in [0.1, 0.15) is 11.4 Å². The van der Waals surface area contributed by atoms with Gasteiger partial charge in [-0.25, -0.2) is 18.8 Å². The second kappa shape index (κ2) is 6.18. The number of rotatable bonds is 4. The second-order valence-electron chi connectivity index (χ2n) is 4.33. The van der Waals surface area contributed by atoms with Gasteiger partial charge in [0.25, 0.3) is 0 Å². The number of anilines is 1. The Kier molecular flexibility index (Phi) is 4.08. The Morgan fingerprint density at radius 1 is 1.43 bits per heavy atom. The van der Waals surface area contributed by atoms with E-state index in [-0.39, 0.29) is 28.1 Å². The van der Waals surface area contributed by atoms with E-state index in [0.717, 1.165) is 6.07 Å². The molecule has 118 valence electrons. The van der Waals surface area contributed by atoms with Gasteiger partial charge in [0.1, 0.15) is 17.8 Å². The molecule has 12 heteroatoms. The Hall–Kier alpha value is -2.73. The van der Waals surface area contributed by atoms with E-state index in [1.54, 1.807) is 0 Å². The Balaban J connectivity index is 1.85. The number of benzene rings is 1. The third kappa shape index (κ3) is 3.07. The summed E-state index contributed by atoms with van der Waals surface area (Å²) < 4.78 is 19.4. The lowest BCUT2D eigenvalue weighted by atomic mass is 10.2. The Labute approximate surface area is 136 Å². The van der Waals surface area contributed by atoms with Crippen molar-refractivity contribution in [1.82, 2.24) is 30.5 Å². The zero-order valence-electron chi connectivity index (χ0n) is 11.3. The molecule has 0 spiro atoms. The summed E-state index contributed by atoms with van der Waals surface area (Å²) in [6.07, 6.45) is 1.36. The highest BCUT2D eigenvalue weighted by Gasteiger charge is 2.22. The van der Waals surface area contributed by atoms with E-state index >= 15 is 0 Å². The minimum atomic E-state index is -0.490. The molecule has 0 aliphatic carbocycles. The van der Waals surface area contributed by atoms with E-state index in [4.69, 9.17) is 5.41 Å². The van der Waals surface area contributed by atoms with Gasteiger partial charge < -0.3 is 0 Å². The predicted molar refractivity (Wildman–Crippen MR) is 76.4 cm³/mol. The SMILES string of the molecule is N=C(c1nonc1Cn1cnnn1)N(O)c1ccc(F)c(Br)c1. The molecule has 0 saturated heterocycles. The van der Waals surface area contributed by atoms with Gasteiger partial charge in [-0.3, -0.25) is 10.6 Å². The normalized spacial score (nSPS) is 10.7. The van der Waals surface area contributed by atoms with Crippen molar-refractivity contribution in [1.29, 1.82) is 5.41 Å². The quantitative estimate of drug-likeness (QED) is 0.391. The molecule has 2 heterocycles. The maximum Gasteiger partial charge on any atom is 0.182 e. The first-order valence-electron chi connectivity index (χ1n) is 6.11. The molecule has 0 amide bonds. The molecule has 0 aliphatic rings. The molecule has 0 radical (unpaired) electrons. The zero-order chi connectivity index (χ0) is 16.4. The molecule has 0 fully saturated rings. The Bertz CT molecular complexity index is 836.